The summed E-state index contributed by atoms with van der Waals surface area (Å²) in [5.74, 6) is -0.722. The van der Waals surface area contributed by atoms with Gasteiger partial charge in [0.2, 0.25) is 0 Å². The number of nitrogens with zero attached hydrogens (tertiary/aromatic N) is 2. The highest BCUT2D eigenvalue weighted by molar-refractivity contribution is 5.86. The van der Waals surface area contributed by atoms with Gasteiger partial charge in [-0.3, -0.25) is 0 Å². The second-order valence-electron chi connectivity index (χ2n) is 4.86. The van der Waals surface area contributed by atoms with E-state index in [1.165, 1.54) is 5.52 Å². The minimum atomic E-state index is -0.722. The smallest absolute Gasteiger partial charge is 0.326 e. The van der Waals surface area contributed by atoms with Crippen LogP contribution in [0.2, 0.25) is 0 Å². The first-order valence-electron chi connectivity index (χ1n) is 6.21. The van der Waals surface area contributed by atoms with Crippen LogP contribution in [0.25, 0.3) is 10.9 Å². The maximum Gasteiger partial charge on any atom is 0.326 e. The fraction of sp³-hybridized carbons (Fsp3) is 0.357. The topological polar surface area (TPSA) is 45.5 Å². The second kappa shape index (κ2) is 4.05. The van der Waals surface area contributed by atoms with Crippen molar-refractivity contribution in [2.45, 2.75) is 18.9 Å². The van der Waals surface area contributed by atoms with Gasteiger partial charge in [0.1, 0.15) is 6.04 Å². The molecule has 3 rings (SSSR count). The molecular formula is C14H16N2O2. The van der Waals surface area contributed by atoms with Crippen molar-refractivity contribution in [3.8, 4) is 0 Å². The van der Waals surface area contributed by atoms with Gasteiger partial charge in [-0.2, -0.15) is 0 Å². The summed E-state index contributed by atoms with van der Waals surface area (Å²) >= 11 is 0. The van der Waals surface area contributed by atoms with Crippen molar-refractivity contribution in [2.75, 3.05) is 11.4 Å². The Morgan fingerprint density at radius 2 is 2.22 bits per heavy atom. The van der Waals surface area contributed by atoms with Crippen molar-refractivity contribution in [3.63, 3.8) is 0 Å². The van der Waals surface area contributed by atoms with Gasteiger partial charge in [-0.05, 0) is 37.1 Å². The van der Waals surface area contributed by atoms with Crippen molar-refractivity contribution >= 4 is 22.6 Å². The summed E-state index contributed by atoms with van der Waals surface area (Å²) in [5, 5.41) is 10.4. The van der Waals surface area contributed by atoms with Gasteiger partial charge < -0.3 is 14.6 Å². The molecule has 1 aliphatic heterocycles. The minimum Gasteiger partial charge on any atom is -0.480 e. The summed E-state index contributed by atoms with van der Waals surface area (Å²) in [6.07, 6.45) is 3.71. The zero-order valence-electron chi connectivity index (χ0n) is 10.3. The zero-order valence-corrected chi connectivity index (χ0v) is 10.3. The van der Waals surface area contributed by atoms with Gasteiger partial charge in [-0.25, -0.2) is 4.79 Å². The molecule has 1 saturated heterocycles. The molecule has 1 atom stereocenters. The van der Waals surface area contributed by atoms with Crippen LogP contribution in [-0.2, 0) is 11.8 Å². The Bertz CT molecular complexity index is 603. The number of hydrogen-bond acceptors (Lipinski definition) is 2. The predicted molar refractivity (Wildman–Crippen MR) is 70.9 cm³/mol. The molecule has 2 heterocycles. The lowest BCUT2D eigenvalue weighted by Crippen LogP contribution is -2.35. The standard InChI is InChI=1S/C14H16N2O2/c1-15-8-6-10-9-11(4-5-12(10)15)16-7-2-3-13(16)14(17)18/h4-6,8-9,13H,2-3,7H2,1H3,(H,17,18). The number of rotatable bonds is 2. The number of benzene rings is 1. The van der Waals surface area contributed by atoms with Crippen LogP contribution in [0.4, 0.5) is 5.69 Å². The summed E-state index contributed by atoms with van der Waals surface area (Å²) in [5.41, 5.74) is 2.18. The number of fused-ring (bicyclic) bond motifs is 1. The average Bonchev–Trinajstić information content (AvgIpc) is 2.96. The molecule has 0 bridgehead atoms. The Kier molecular flexibility index (Phi) is 2.51. The first-order chi connectivity index (χ1) is 8.66. The van der Waals surface area contributed by atoms with Gasteiger partial charge in [0, 0.05) is 36.4 Å². The Hall–Kier alpha value is -1.97. The quantitative estimate of drug-likeness (QED) is 0.881. The molecule has 4 heteroatoms. The summed E-state index contributed by atoms with van der Waals surface area (Å²) in [6.45, 7) is 0.829. The zero-order chi connectivity index (χ0) is 12.7. The van der Waals surface area contributed by atoms with Gasteiger partial charge in [-0.1, -0.05) is 0 Å². The number of aryl methyl sites for hydroxylation is 1. The summed E-state index contributed by atoms with van der Waals surface area (Å²) in [6, 6.07) is 7.85. The van der Waals surface area contributed by atoms with E-state index in [1.54, 1.807) is 0 Å². The summed E-state index contributed by atoms with van der Waals surface area (Å²) in [4.78, 5) is 13.2. The van der Waals surface area contributed by atoms with Crippen LogP contribution in [0.5, 0.6) is 0 Å². The first kappa shape index (κ1) is 11.1. The van der Waals surface area contributed by atoms with Crippen LogP contribution in [-0.4, -0.2) is 28.2 Å². The first-order valence-corrected chi connectivity index (χ1v) is 6.21. The molecule has 1 N–H and O–H groups in total. The van der Waals surface area contributed by atoms with Crippen LogP contribution in [0.15, 0.2) is 30.5 Å². The van der Waals surface area contributed by atoms with E-state index in [1.807, 2.05) is 24.2 Å². The molecule has 0 amide bonds. The van der Waals surface area contributed by atoms with Gasteiger partial charge >= 0.3 is 5.97 Å². The molecule has 2 aromatic rings. The molecule has 94 valence electrons. The van der Waals surface area contributed by atoms with Crippen LogP contribution in [0.3, 0.4) is 0 Å². The molecule has 1 fully saturated rings. The number of aliphatic carboxylic acids is 1. The third-order valence-corrected chi connectivity index (χ3v) is 3.74. The maximum atomic E-state index is 11.2. The molecule has 1 aliphatic rings. The summed E-state index contributed by atoms with van der Waals surface area (Å²) in [7, 11) is 2.01. The lowest BCUT2D eigenvalue weighted by molar-refractivity contribution is -0.138. The van der Waals surface area contributed by atoms with E-state index in [2.05, 4.69) is 22.8 Å². The van der Waals surface area contributed by atoms with E-state index < -0.39 is 5.97 Å². The molecule has 4 nitrogen and oxygen atoms in total. The largest absolute Gasteiger partial charge is 0.480 e. The van der Waals surface area contributed by atoms with Gasteiger partial charge in [-0.15, -0.1) is 0 Å². The molecule has 0 saturated carbocycles. The van der Waals surface area contributed by atoms with E-state index in [0.717, 1.165) is 30.5 Å². The highest BCUT2D eigenvalue weighted by Gasteiger charge is 2.30. The van der Waals surface area contributed by atoms with E-state index in [4.69, 9.17) is 0 Å². The van der Waals surface area contributed by atoms with E-state index in [-0.39, 0.29) is 6.04 Å². The fourth-order valence-electron chi connectivity index (χ4n) is 2.78. The van der Waals surface area contributed by atoms with Gasteiger partial charge in [0.05, 0.1) is 0 Å². The molecule has 1 aromatic heterocycles. The summed E-state index contributed by atoms with van der Waals surface area (Å²) < 4.78 is 2.07. The number of hydrogen-bond donors (Lipinski definition) is 1. The van der Waals surface area contributed by atoms with Crippen molar-refractivity contribution in [2.24, 2.45) is 7.05 Å². The molecule has 1 aromatic carbocycles. The van der Waals surface area contributed by atoms with Crippen LogP contribution in [0.1, 0.15) is 12.8 Å². The number of aromatic nitrogens is 1. The Balaban J connectivity index is 2.01. The lowest BCUT2D eigenvalue weighted by atomic mass is 10.2. The van der Waals surface area contributed by atoms with Crippen molar-refractivity contribution in [1.82, 2.24) is 4.57 Å². The third kappa shape index (κ3) is 1.65. The van der Waals surface area contributed by atoms with Crippen molar-refractivity contribution < 1.29 is 9.90 Å². The molecule has 0 aliphatic carbocycles. The van der Waals surface area contributed by atoms with Crippen LogP contribution < -0.4 is 4.90 Å². The average molecular weight is 244 g/mol. The van der Waals surface area contributed by atoms with E-state index in [0.29, 0.717) is 0 Å². The Labute approximate surface area is 105 Å². The Morgan fingerprint density at radius 3 is 3.00 bits per heavy atom. The fourth-order valence-corrected chi connectivity index (χ4v) is 2.78. The number of anilines is 1. The number of carboxylic acid groups (broad SMARTS) is 1. The molecule has 1 unspecified atom stereocenters. The molecule has 0 radical (unpaired) electrons. The normalized spacial score (nSPS) is 19.6. The molecule has 0 spiro atoms. The third-order valence-electron chi connectivity index (χ3n) is 3.74. The SMILES string of the molecule is Cn1ccc2cc(N3CCCC3C(=O)O)ccc21. The minimum absolute atomic E-state index is 0.369. The number of carbonyl (C=O) groups is 1. The molecule has 18 heavy (non-hydrogen) atoms. The van der Waals surface area contributed by atoms with Gasteiger partial charge in [0.15, 0.2) is 0 Å². The van der Waals surface area contributed by atoms with Crippen LogP contribution >= 0.6 is 0 Å². The van der Waals surface area contributed by atoms with Crippen molar-refractivity contribution in [1.29, 1.82) is 0 Å². The van der Waals surface area contributed by atoms with Crippen molar-refractivity contribution in [3.05, 3.63) is 30.5 Å². The van der Waals surface area contributed by atoms with Crippen LogP contribution in [0, 0.1) is 0 Å². The maximum absolute atomic E-state index is 11.2. The Morgan fingerprint density at radius 1 is 1.39 bits per heavy atom. The second-order valence-corrected chi connectivity index (χ2v) is 4.86. The molecular weight excluding hydrogens is 228 g/mol. The highest BCUT2D eigenvalue weighted by Crippen LogP contribution is 2.28. The van der Waals surface area contributed by atoms with E-state index in [9.17, 15) is 9.90 Å². The number of carboxylic acids is 1. The predicted octanol–water partition coefficient (Wildman–Crippen LogP) is 2.23. The lowest BCUT2D eigenvalue weighted by Gasteiger charge is -2.23. The van der Waals surface area contributed by atoms with Gasteiger partial charge in [0.25, 0.3) is 0 Å². The monoisotopic (exact) mass is 244 g/mol. The highest BCUT2D eigenvalue weighted by atomic mass is 16.4. The van der Waals surface area contributed by atoms with E-state index >= 15 is 0 Å².